The van der Waals surface area contributed by atoms with Crippen LogP contribution >= 0.6 is 23.1 Å². The van der Waals surface area contributed by atoms with Crippen LogP contribution in [0.15, 0.2) is 76.6 Å². The third-order valence-electron chi connectivity index (χ3n) is 7.48. The molecule has 0 bridgehead atoms. The monoisotopic (exact) mass is 659 g/mol. The Morgan fingerprint density at radius 2 is 1.72 bits per heavy atom. The first-order valence-electron chi connectivity index (χ1n) is 15.2. The van der Waals surface area contributed by atoms with Gasteiger partial charge in [0.2, 0.25) is 5.13 Å². The molecule has 1 amide bonds. The molecule has 1 N–H and O–H groups in total. The van der Waals surface area contributed by atoms with Gasteiger partial charge in [-0.05, 0) is 67.8 Å². The third kappa shape index (κ3) is 7.37. The molecule has 9 nitrogen and oxygen atoms in total. The van der Waals surface area contributed by atoms with Crippen LogP contribution < -0.4 is 19.1 Å². The smallest absolute Gasteiger partial charge is 0.301 e. The molecule has 1 fully saturated rings. The van der Waals surface area contributed by atoms with E-state index in [1.807, 2.05) is 13.8 Å². The van der Waals surface area contributed by atoms with E-state index in [0.29, 0.717) is 51.7 Å². The molecule has 1 aliphatic heterocycles. The van der Waals surface area contributed by atoms with E-state index in [2.05, 4.69) is 41.4 Å². The average molecular weight is 660 g/mol. The fourth-order valence-electron chi connectivity index (χ4n) is 5.05. The zero-order chi connectivity index (χ0) is 32.6. The highest BCUT2D eigenvalue weighted by atomic mass is 32.2. The highest BCUT2D eigenvalue weighted by molar-refractivity contribution is 8.00. The quantitative estimate of drug-likeness (QED) is 0.0363. The first-order valence-corrected chi connectivity index (χ1v) is 17.0. The summed E-state index contributed by atoms with van der Waals surface area (Å²) in [5.41, 5.74) is 3.19. The Labute approximate surface area is 277 Å². The molecule has 1 saturated heterocycles. The van der Waals surface area contributed by atoms with Crippen LogP contribution in [0.3, 0.4) is 0 Å². The van der Waals surface area contributed by atoms with E-state index < -0.39 is 17.7 Å². The molecule has 0 aliphatic carbocycles. The number of carbonyl (C=O) groups is 2. The largest absolute Gasteiger partial charge is 0.507 e. The zero-order valence-corrected chi connectivity index (χ0v) is 28.0. The Balaban J connectivity index is 1.54. The molecule has 0 saturated carbocycles. The predicted octanol–water partition coefficient (Wildman–Crippen LogP) is 7.74. The number of nitrogens with zero attached hydrogens (tertiary/aromatic N) is 3. The number of benzene rings is 3. The van der Waals surface area contributed by atoms with Crippen molar-refractivity contribution in [1.29, 1.82) is 0 Å². The maximum Gasteiger partial charge on any atom is 0.301 e. The molecule has 11 heteroatoms. The van der Waals surface area contributed by atoms with E-state index in [9.17, 15) is 14.7 Å². The number of methoxy groups -OCH3 is 1. The molecule has 1 aliphatic rings. The highest BCUT2D eigenvalue weighted by Crippen LogP contribution is 2.45. The van der Waals surface area contributed by atoms with Crippen molar-refractivity contribution >= 4 is 45.7 Å². The highest BCUT2D eigenvalue weighted by Gasteiger charge is 2.48. The molecule has 3 aromatic carbocycles. The van der Waals surface area contributed by atoms with Crippen molar-refractivity contribution in [3.05, 3.63) is 94.6 Å². The number of aliphatic hydroxyl groups is 1. The van der Waals surface area contributed by atoms with Crippen molar-refractivity contribution < 1.29 is 28.9 Å². The summed E-state index contributed by atoms with van der Waals surface area (Å²) in [5.74, 6) is 0.396. The van der Waals surface area contributed by atoms with E-state index in [0.717, 1.165) is 24.8 Å². The Hall–Kier alpha value is -4.35. The predicted molar refractivity (Wildman–Crippen MR) is 181 cm³/mol. The number of anilines is 1. The van der Waals surface area contributed by atoms with Crippen molar-refractivity contribution in [1.82, 2.24) is 10.2 Å². The van der Waals surface area contributed by atoms with Crippen LogP contribution in [0.5, 0.6) is 17.2 Å². The molecule has 46 heavy (non-hydrogen) atoms. The lowest BCUT2D eigenvalue weighted by atomic mass is 9.95. The number of unbranched alkanes of at least 4 members (excludes halogenated alkanes) is 2. The Morgan fingerprint density at radius 1 is 0.957 bits per heavy atom. The number of thioether (sulfide) groups is 1. The lowest BCUT2D eigenvalue weighted by Crippen LogP contribution is -2.29. The topological polar surface area (TPSA) is 111 Å². The van der Waals surface area contributed by atoms with Crippen LogP contribution in [-0.2, 0) is 15.3 Å². The van der Waals surface area contributed by atoms with Gasteiger partial charge in [0.05, 0.1) is 31.9 Å². The van der Waals surface area contributed by atoms with E-state index in [1.54, 1.807) is 49.6 Å². The number of carbonyl (C=O) groups excluding carboxylic acids is 2. The van der Waals surface area contributed by atoms with E-state index in [-0.39, 0.29) is 16.5 Å². The van der Waals surface area contributed by atoms with Crippen LogP contribution in [0.2, 0.25) is 0 Å². The minimum atomic E-state index is -0.988. The number of aryl methyl sites for hydroxylation is 1. The fraction of sp³-hybridized carbons (Fsp3) is 0.314. The molecule has 0 spiro atoms. The third-order valence-corrected chi connectivity index (χ3v) is 9.61. The summed E-state index contributed by atoms with van der Waals surface area (Å²) in [5, 5.41) is 20.5. The second-order valence-corrected chi connectivity index (χ2v) is 12.9. The number of Topliss-reactive ketones (excluding diaryl/α,β-unsaturated/α-hetero) is 1. The van der Waals surface area contributed by atoms with Crippen LogP contribution in [0.25, 0.3) is 5.76 Å². The van der Waals surface area contributed by atoms with Crippen molar-refractivity contribution in [2.75, 3.05) is 25.2 Å². The Kier molecular flexibility index (Phi) is 11.0. The van der Waals surface area contributed by atoms with Gasteiger partial charge >= 0.3 is 5.91 Å². The number of hydrogen-bond donors (Lipinski definition) is 1. The van der Waals surface area contributed by atoms with Gasteiger partial charge in [0.25, 0.3) is 5.78 Å². The van der Waals surface area contributed by atoms with Gasteiger partial charge < -0.3 is 19.3 Å². The van der Waals surface area contributed by atoms with Gasteiger partial charge in [0, 0.05) is 11.3 Å². The number of aromatic nitrogens is 2. The van der Waals surface area contributed by atoms with Gasteiger partial charge in [-0.15, -0.1) is 10.2 Å². The second-order valence-electron chi connectivity index (χ2n) is 10.7. The summed E-state index contributed by atoms with van der Waals surface area (Å²) in [7, 11) is 1.54. The number of ketones is 1. The fourth-order valence-corrected chi connectivity index (χ4v) is 6.88. The molecule has 4 aromatic rings. The normalized spacial score (nSPS) is 15.7. The SMILES string of the molecule is CCCCCOc1ccc(C2/C(=C(\O)c3ccc(OC)cc3)C(=O)C(=O)N2c2nnc(SCc3ccc(C)cc3)s2)cc1OCC. The first kappa shape index (κ1) is 33.0. The summed E-state index contributed by atoms with van der Waals surface area (Å²) < 4.78 is 17.9. The molecule has 240 valence electrons. The van der Waals surface area contributed by atoms with Crippen LogP contribution in [0.4, 0.5) is 5.13 Å². The van der Waals surface area contributed by atoms with E-state index in [4.69, 9.17) is 14.2 Å². The maximum atomic E-state index is 13.7. The van der Waals surface area contributed by atoms with Crippen molar-refractivity contribution in [2.24, 2.45) is 0 Å². The molecule has 1 aromatic heterocycles. The van der Waals surface area contributed by atoms with Crippen molar-refractivity contribution in [2.45, 2.75) is 56.2 Å². The van der Waals surface area contributed by atoms with Gasteiger partial charge in [-0.1, -0.05) is 78.8 Å². The molecule has 5 rings (SSSR count). The number of amides is 1. The van der Waals surface area contributed by atoms with Crippen LogP contribution in [0, 0.1) is 6.92 Å². The number of aliphatic hydroxyl groups excluding tert-OH is 1. The van der Waals surface area contributed by atoms with E-state index >= 15 is 0 Å². The maximum absolute atomic E-state index is 13.7. The second kappa shape index (κ2) is 15.3. The molecule has 2 heterocycles. The van der Waals surface area contributed by atoms with Gasteiger partial charge in [-0.3, -0.25) is 14.5 Å². The van der Waals surface area contributed by atoms with Gasteiger partial charge in [0.1, 0.15) is 11.5 Å². The zero-order valence-electron chi connectivity index (χ0n) is 26.3. The lowest BCUT2D eigenvalue weighted by molar-refractivity contribution is -0.132. The molecular formula is C35H37N3O6S2. The Bertz CT molecular complexity index is 1700. The van der Waals surface area contributed by atoms with Crippen LogP contribution in [0.1, 0.15) is 61.4 Å². The Morgan fingerprint density at radius 3 is 2.41 bits per heavy atom. The van der Waals surface area contributed by atoms with Crippen molar-refractivity contribution in [3.8, 4) is 17.2 Å². The standard InChI is InChI=1S/C35H37N3O6S2/c1-5-7-8-19-44-27-18-15-25(20-28(27)43-6-2)30-29(31(39)24-13-16-26(42-4)17-14-24)32(40)33(41)38(30)34-36-37-35(46-34)45-21-23-11-9-22(3)10-12-23/h9-18,20,30,39H,5-8,19,21H2,1-4H3/b31-29+. The lowest BCUT2D eigenvalue weighted by Gasteiger charge is -2.23. The summed E-state index contributed by atoms with van der Waals surface area (Å²) in [6, 6.07) is 19.2. The molecular weight excluding hydrogens is 623 g/mol. The van der Waals surface area contributed by atoms with Gasteiger partial charge in [-0.25, -0.2) is 0 Å². The minimum Gasteiger partial charge on any atom is -0.507 e. The summed E-state index contributed by atoms with van der Waals surface area (Å²) in [6.45, 7) is 6.97. The molecule has 1 atom stereocenters. The first-order chi connectivity index (χ1) is 22.3. The minimum absolute atomic E-state index is 0.0571. The van der Waals surface area contributed by atoms with Gasteiger partial charge in [-0.2, -0.15) is 0 Å². The number of hydrogen-bond acceptors (Lipinski definition) is 10. The molecule has 0 radical (unpaired) electrons. The average Bonchev–Trinajstić information content (AvgIpc) is 3.64. The van der Waals surface area contributed by atoms with E-state index in [1.165, 1.54) is 33.6 Å². The van der Waals surface area contributed by atoms with Crippen molar-refractivity contribution in [3.63, 3.8) is 0 Å². The summed E-state index contributed by atoms with van der Waals surface area (Å²) in [4.78, 5) is 28.7. The summed E-state index contributed by atoms with van der Waals surface area (Å²) in [6.07, 6.45) is 3.03. The molecule has 1 unspecified atom stereocenters. The number of rotatable bonds is 14. The van der Waals surface area contributed by atoms with Crippen LogP contribution in [-0.4, -0.2) is 47.3 Å². The number of ether oxygens (including phenoxy) is 3. The van der Waals surface area contributed by atoms with Gasteiger partial charge in [0.15, 0.2) is 15.8 Å². The summed E-state index contributed by atoms with van der Waals surface area (Å²) >= 11 is 2.72.